The van der Waals surface area contributed by atoms with Crippen LogP contribution < -0.4 is 5.32 Å². The van der Waals surface area contributed by atoms with Crippen LogP contribution in [0.3, 0.4) is 0 Å². The van der Waals surface area contributed by atoms with E-state index in [-0.39, 0.29) is 34.5 Å². The number of carbonyl (C=O) groups is 3. The average Bonchev–Trinajstić information content (AvgIpc) is 2.43. The lowest BCUT2D eigenvalue weighted by atomic mass is 9.75. The number of nitrogens with zero attached hydrogens (tertiary/aromatic N) is 1. The van der Waals surface area contributed by atoms with Gasteiger partial charge in [-0.3, -0.25) is 14.4 Å². The third-order valence-electron chi connectivity index (χ3n) is 4.51. The Kier molecular flexibility index (Phi) is 5.02. The molecule has 1 saturated heterocycles. The molecule has 5 heteroatoms. The van der Waals surface area contributed by atoms with E-state index in [2.05, 4.69) is 5.32 Å². The molecule has 2 aliphatic rings. The van der Waals surface area contributed by atoms with Gasteiger partial charge < -0.3 is 10.2 Å². The molecule has 0 bridgehead atoms. The largest absolute Gasteiger partial charge is 0.350 e. The minimum Gasteiger partial charge on any atom is -0.350 e. The van der Waals surface area contributed by atoms with E-state index in [1.54, 1.807) is 4.90 Å². The van der Waals surface area contributed by atoms with Crippen molar-refractivity contribution in [2.45, 2.75) is 59.0 Å². The van der Waals surface area contributed by atoms with Crippen LogP contribution in [0.25, 0.3) is 0 Å². The maximum atomic E-state index is 12.8. The lowest BCUT2D eigenvalue weighted by molar-refractivity contribution is -0.147. The van der Waals surface area contributed by atoms with Gasteiger partial charge in [0.1, 0.15) is 6.04 Å². The molecule has 0 saturated carbocycles. The maximum absolute atomic E-state index is 12.8. The fourth-order valence-corrected chi connectivity index (χ4v) is 3.36. The second-order valence-corrected chi connectivity index (χ2v) is 8.24. The molecule has 5 nitrogen and oxygen atoms in total. The number of carbonyl (C=O) groups excluding carboxylic acids is 3. The Balaban J connectivity index is 2.15. The third kappa shape index (κ3) is 4.13. The Labute approximate surface area is 144 Å². The summed E-state index contributed by atoms with van der Waals surface area (Å²) in [4.78, 5) is 38.5. The first-order valence-corrected chi connectivity index (χ1v) is 8.57. The van der Waals surface area contributed by atoms with Gasteiger partial charge in [-0.05, 0) is 45.3 Å². The molecule has 1 aliphatic heterocycles. The van der Waals surface area contributed by atoms with Gasteiger partial charge in [0.15, 0.2) is 5.78 Å². The molecule has 2 amide bonds. The number of rotatable bonds is 3. The Morgan fingerprint density at radius 1 is 1.21 bits per heavy atom. The lowest BCUT2D eigenvalue weighted by Gasteiger charge is -2.43. The summed E-state index contributed by atoms with van der Waals surface area (Å²) >= 11 is 0. The zero-order valence-electron chi connectivity index (χ0n) is 15.3. The summed E-state index contributed by atoms with van der Waals surface area (Å²) in [5, 5.41) is 2.99. The molecule has 1 spiro atoms. The second kappa shape index (κ2) is 6.54. The predicted molar refractivity (Wildman–Crippen MR) is 93.2 cm³/mol. The molecule has 132 valence electrons. The van der Waals surface area contributed by atoms with Crippen LogP contribution in [0, 0.1) is 11.3 Å². The monoisotopic (exact) mass is 332 g/mol. The van der Waals surface area contributed by atoms with E-state index in [9.17, 15) is 14.4 Å². The first-order chi connectivity index (χ1) is 11.0. The average molecular weight is 332 g/mol. The Morgan fingerprint density at radius 3 is 2.25 bits per heavy atom. The van der Waals surface area contributed by atoms with E-state index < -0.39 is 6.04 Å². The molecule has 0 aromatic heterocycles. The van der Waals surface area contributed by atoms with Crippen molar-refractivity contribution in [2.24, 2.45) is 11.3 Å². The molecule has 1 fully saturated rings. The van der Waals surface area contributed by atoms with Crippen LogP contribution >= 0.6 is 0 Å². The van der Waals surface area contributed by atoms with Crippen molar-refractivity contribution >= 4 is 17.6 Å². The van der Waals surface area contributed by atoms with Crippen molar-refractivity contribution in [1.29, 1.82) is 0 Å². The van der Waals surface area contributed by atoms with E-state index in [1.165, 1.54) is 12.2 Å². The number of amides is 2. The van der Waals surface area contributed by atoms with Gasteiger partial charge in [-0.25, -0.2) is 0 Å². The first-order valence-electron chi connectivity index (χ1n) is 8.57. The van der Waals surface area contributed by atoms with Crippen LogP contribution in [0.4, 0.5) is 0 Å². The van der Waals surface area contributed by atoms with Gasteiger partial charge in [-0.15, -0.1) is 0 Å². The summed E-state index contributed by atoms with van der Waals surface area (Å²) in [6, 6.07) is -0.466. The number of nitrogens with one attached hydrogen (secondary N) is 1. The smallest absolute Gasteiger partial charge is 0.243 e. The fraction of sp³-hybridized carbons (Fsp3) is 0.632. The Hall–Kier alpha value is -1.91. The van der Waals surface area contributed by atoms with Gasteiger partial charge in [0.25, 0.3) is 0 Å². The summed E-state index contributed by atoms with van der Waals surface area (Å²) in [6.45, 7) is 10.2. The van der Waals surface area contributed by atoms with Gasteiger partial charge in [-0.1, -0.05) is 26.0 Å². The van der Waals surface area contributed by atoms with Crippen molar-refractivity contribution in [3.63, 3.8) is 0 Å². The van der Waals surface area contributed by atoms with Crippen LogP contribution in [0.1, 0.15) is 47.5 Å². The predicted octanol–water partition coefficient (Wildman–Crippen LogP) is 2.23. The van der Waals surface area contributed by atoms with E-state index in [1.807, 2.05) is 46.8 Å². The topological polar surface area (TPSA) is 66.5 Å². The van der Waals surface area contributed by atoms with Crippen molar-refractivity contribution in [2.75, 3.05) is 6.54 Å². The number of hydrogen-bond acceptors (Lipinski definition) is 3. The minimum absolute atomic E-state index is 0.0318. The molecule has 1 aliphatic carbocycles. The number of likely N-dealkylation sites (tertiary alicyclic amines) is 1. The molecule has 24 heavy (non-hydrogen) atoms. The fourth-order valence-electron chi connectivity index (χ4n) is 3.36. The van der Waals surface area contributed by atoms with E-state index >= 15 is 0 Å². The van der Waals surface area contributed by atoms with E-state index in [0.29, 0.717) is 13.0 Å². The summed E-state index contributed by atoms with van der Waals surface area (Å²) in [5.41, 5.74) is -0.705. The molecule has 0 aromatic rings. The summed E-state index contributed by atoms with van der Waals surface area (Å²) < 4.78 is 0. The van der Waals surface area contributed by atoms with Crippen LogP contribution in [-0.2, 0) is 14.4 Å². The number of hydrogen-bond donors (Lipinski definition) is 1. The van der Waals surface area contributed by atoms with Gasteiger partial charge in [-0.2, -0.15) is 0 Å². The Bertz CT molecular complexity index is 580. The molecule has 1 atom stereocenters. The van der Waals surface area contributed by atoms with Crippen molar-refractivity contribution in [1.82, 2.24) is 10.2 Å². The molecule has 1 heterocycles. The first kappa shape index (κ1) is 18.4. The minimum atomic E-state index is -0.466. The molecule has 0 aromatic carbocycles. The van der Waals surface area contributed by atoms with E-state index in [4.69, 9.17) is 0 Å². The van der Waals surface area contributed by atoms with Crippen molar-refractivity contribution in [3.8, 4) is 0 Å². The zero-order valence-corrected chi connectivity index (χ0v) is 15.3. The molecule has 1 N–H and O–H groups in total. The van der Waals surface area contributed by atoms with Crippen LogP contribution in [0.5, 0.6) is 0 Å². The summed E-state index contributed by atoms with van der Waals surface area (Å²) in [7, 11) is 0. The van der Waals surface area contributed by atoms with Gasteiger partial charge >= 0.3 is 0 Å². The third-order valence-corrected chi connectivity index (χ3v) is 4.51. The number of ketones is 1. The van der Waals surface area contributed by atoms with Crippen LogP contribution in [0.15, 0.2) is 24.3 Å². The highest BCUT2D eigenvalue weighted by atomic mass is 16.2. The van der Waals surface area contributed by atoms with Gasteiger partial charge in [0, 0.05) is 23.9 Å². The highest BCUT2D eigenvalue weighted by Gasteiger charge is 2.42. The maximum Gasteiger partial charge on any atom is 0.243 e. The highest BCUT2D eigenvalue weighted by Crippen LogP contribution is 2.38. The molecule has 1 unspecified atom stereocenters. The zero-order chi connectivity index (χ0) is 18.1. The van der Waals surface area contributed by atoms with Crippen molar-refractivity contribution < 1.29 is 14.4 Å². The molecule has 0 radical (unpaired) electrons. The quantitative estimate of drug-likeness (QED) is 0.862. The summed E-state index contributed by atoms with van der Waals surface area (Å²) in [6.07, 6.45) is 7.78. The highest BCUT2D eigenvalue weighted by molar-refractivity contribution is 6.00. The molecular formula is C19H28N2O3. The SMILES string of the molecule is CC(C)C(C(=O)NC(C)(C)C)N1CCC2(C=CC(=O)C=C2)CC1=O. The second-order valence-electron chi connectivity index (χ2n) is 8.24. The standard InChI is InChI=1S/C19H28N2O3/c1-13(2)16(17(24)20-18(3,4)5)21-11-10-19(12-15(21)23)8-6-14(22)7-9-19/h6-9,13,16H,10-12H2,1-5H3,(H,20,24). The summed E-state index contributed by atoms with van der Waals surface area (Å²) in [5.74, 6) is -0.149. The van der Waals surface area contributed by atoms with Crippen LogP contribution in [-0.4, -0.2) is 40.6 Å². The van der Waals surface area contributed by atoms with E-state index in [0.717, 1.165) is 6.42 Å². The number of piperidine rings is 1. The number of allylic oxidation sites excluding steroid dienone is 4. The molecular weight excluding hydrogens is 304 g/mol. The van der Waals surface area contributed by atoms with Crippen molar-refractivity contribution in [3.05, 3.63) is 24.3 Å². The van der Waals surface area contributed by atoms with Gasteiger partial charge in [0.2, 0.25) is 11.8 Å². The normalized spacial score (nSPS) is 21.5. The molecule has 2 rings (SSSR count). The van der Waals surface area contributed by atoms with Gasteiger partial charge in [0.05, 0.1) is 0 Å². The lowest BCUT2D eigenvalue weighted by Crippen LogP contribution is -2.58. The van der Waals surface area contributed by atoms with Crippen LogP contribution in [0.2, 0.25) is 0 Å². The Morgan fingerprint density at radius 2 is 1.79 bits per heavy atom.